The van der Waals surface area contributed by atoms with Crippen molar-refractivity contribution in [3.63, 3.8) is 0 Å². The highest BCUT2D eigenvalue weighted by Crippen LogP contribution is 2.31. The van der Waals surface area contributed by atoms with Crippen LogP contribution in [0.25, 0.3) is 0 Å². The molecular formula is C19H25ClN2O2. The van der Waals surface area contributed by atoms with Gasteiger partial charge in [0.2, 0.25) is 0 Å². The Labute approximate surface area is 149 Å². The summed E-state index contributed by atoms with van der Waals surface area (Å²) in [5.41, 5.74) is 7.33. The van der Waals surface area contributed by atoms with Crippen LogP contribution in [-0.2, 0) is 6.54 Å². The van der Waals surface area contributed by atoms with E-state index in [1.54, 1.807) is 6.07 Å². The molecule has 1 aromatic carbocycles. The lowest BCUT2D eigenvalue weighted by molar-refractivity contribution is 0.0613. The lowest BCUT2D eigenvalue weighted by Crippen LogP contribution is -2.39. The second-order valence-electron chi connectivity index (χ2n) is 6.35. The summed E-state index contributed by atoms with van der Waals surface area (Å²) in [6, 6.07) is 12.0. The molecule has 5 heteroatoms. The fourth-order valence-electron chi connectivity index (χ4n) is 3.05. The molecular weight excluding hydrogens is 324 g/mol. The Morgan fingerprint density at radius 1 is 1.33 bits per heavy atom. The Kier molecular flexibility index (Phi) is 6.46. The molecule has 2 N–H and O–H groups in total. The average molecular weight is 349 g/mol. The van der Waals surface area contributed by atoms with Gasteiger partial charge in [-0.1, -0.05) is 36.8 Å². The van der Waals surface area contributed by atoms with Crippen LogP contribution in [0.4, 0.5) is 0 Å². The Morgan fingerprint density at radius 3 is 2.58 bits per heavy atom. The van der Waals surface area contributed by atoms with Crippen molar-refractivity contribution in [3.05, 3.63) is 59.5 Å². The van der Waals surface area contributed by atoms with E-state index in [9.17, 15) is 4.79 Å². The molecule has 4 nitrogen and oxygen atoms in total. The van der Waals surface area contributed by atoms with Crippen molar-refractivity contribution < 1.29 is 9.21 Å². The largest absolute Gasteiger partial charge is 0.467 e. The lowest BCUT2D eigenvalue weighted by atomic mass is 9.84. The molecule has 0 bridgehead atoms. The number of hydrogen-bond donors (Lipinski definition) is 1. The highest BCUT2D eigenvalue weighted by atomic mass is 35.5. The molecule has 1 aliphatic rings. The number of hydrogen-bond acceptors (Lipinski definition) is 3. The zero-order valence-corrected chi connectivity index (χ0v) is 14.8. The molecule has 1 saturated carbocycles. The van der Waals surface area contributed by atoms with Crippen LogP contribution in [0.2, 0.25) is 0 Å². The SMILES string of the molecule is CC(c1ccccc1)N(CC1CCC1)C(=O)c1coc(CN)c1.Cl. The van der Waals surface area contributed by atoms with Crippen LogP contribution in [-0.4, -0.2) is 17.4 Å². The minimum Gasteiger partial charge on any atom is -0.467 e. The maximum atomic E-state index is 13.0. The summed E-state index contributed by atoms with van der Waals surface area (Å²) in [6.07, 6.45) is 5.22. The van der Waals surface area contributed by atoms with Gasteiger partial charge in [-0.25, -0.2) is 0 Å². The molecule has 1 amide bonds. The summed E-state index contributed by atoms with van der Waals surface area (Å²) in [4.78, 5) is 15.0. The van der Waals surface area contributed by atoms with Crippen molar-refractivity contribution in [3.8, 4) is 0 Å². The first kappa shape index (κ1) is 18.6. The highest BCUT2D eigenvalue weighted by molar-refractivity contribution is 5.94. The van der Waals surface area contributed by atoms with E-state index in [-0.39, 0.29) is 24.4 Å². The van der Waals surface area contributed by atoms with Gasteiger partial charge < -0.3 is 15.1 Å². The predicted molar refractivity (Wildman–Crippen MR) is 97.1 cm³/mol. The number of amides is 1. The van der Waals surface area contributed by atoms with Gasteiger partial charge in [-0.15, -0.1) is 12.4 Å². The molecule has 0 saturated heterocycles. The summed E-state index contributed by atoms with van der Waals surface area (Å²) < 4.78 is 5.34. The van der Waals surface area contributed by atoms with Crippen LogP contribution in [0.15, 0.2) is 47.1 Å². The number of nitrogens with zero attached hydrogens (tertiary/aromatic N) is 1. The lowest BCUT2D eigenvalue weighted by Gasteiger charge is -2.36. The van der Waals surface area contributed by atoms with Crippen LogP contribution in [0.5, 0.6) is 0 Å². The Morgan fingerprint density at radius 2 is 2.04 bits per heavy atom. The Balaban J connectivity index is 0.00000208. The number of carbonyl (C=O) groups is 1. The monoisotopic (exact) mass is 348 g/mol. The summed E-state index contributed by atoms with van der Waals surface area (Å²) >= 11 is 0. The molecule has 1 heterocycles. The van der Waals surface area contributed by atoms with Crippen molar-refractivity contribution in [2.45, 2.75) is 38.8 Å². The zero-order chi connectivity index (χ0) is 16.2. The van der Waals surface area contributed by atoms with Gasteiger partial charge in [0.1, 0.15) is 12.0 Å². The van der Waals surface area contributed by atoms with E-state index in [1.807, 2.05) is 23.1 Å². The maximum absolute atomic E-state index is 13.0. The van der Waals surface area contributed by atoms with Crippen molar-refractivity contribution in [1.29, 1.82) is 0 Å². The molecule has 130 valence electrons. The molecule has 0 spiro atoms. The third-order valence-electron chi connectivity index (χ3n) is 4.79. The Hall–Kier alpha value is -1.78. The molecule has 1 aliphatic carbocycles. The van der Waals surface area contributed by atoms with Gasteiger partial charge in [-0.2, -0.15) is 0 Å². The molecule has 1 aromatic heterocycles. The highest BCUT2D eigenvalue weighted by Gasteiger charge is 2.29. The second kappa shape index (κ2) is 8.36. The first-order chi connectivity index (χ1) is 11.2. The van der Waals surface area contributed by atoms with E-state index in [2.05, 4.69) is 19.1 Å². The van der Waals surface area contributed by atoms with Gasteiger partial charge in [0.25, 0.3) is 5.91 Å². The van der Waals surface area contributed by atoms with Gasteiger partial charge in [0, 0.05) is 6.54 Å². The van der Waals surface area contributed by atoms with Gasteiger partial charge in [-0.3, -0.25) is 4.79 Å². The molecule has 1 unspecified atom stereocenters. The summed E-state index contributed by atoms with van der Waals surface area (Å²) in [6.45, 7) is 3.21. The number of carbonyl (C=O) groups excluding carboxylic acids is 1. The van der Waals surface area contributed by atoms with E-state index in [4.69, 9.17) is 10.2 Å². The molecule has 0 aliphatic heterocycles. The molecule has 24 heavy (non-hydrogen) atoms. The molecule has 2 aromatic rings. The van der Waals surface area contributed by atoms with Crippen LogP contribution in [0.1, 0.15) is 53.9 Å². The van der Waals surface area contributed by atoms with Crippen molar-refractivity contribution in [2.75, 3.05) is 6.54 Å². The van der Waals surface area contributed by atoms with E-state index >= 15 is 0 Å². The summed E-state index contributed by atoms with van der Waals surface area (Å²) in [5, 5.41) is 0. The number of benzene rings is 1. The summed E-state index contributed by atoms with van der Waals surface area (Å²) in [7, 11) is 0. The van der Waals surface area contributed by atoms with Gasteiger partial charge >= 0.3 is 0 Å². The maximum Gasteiger partial charge on any atom is 0.257 e. The summed E-state index contributed by atoms with van der Waals surface area (Å²) in [5.74, 6) is 1.28. The smallest absolute Gasteiger partial charge is 0.257 e. The van der Waals surface area contributed by atoms with Gasteiger partial charge in [0.05, 0.1) is 18.2 Å². The van der Waals surface area contributed by atoms with E-state index in [1.165, 1.54) is 25.5 Å². The van der Waals surface area contributed by atoms with Gasteiger partial charge in [-0.05, 0) is 37.3 Å². The van der Waals surface area contributed by atoms with E-state index < -0.39 is 0 Å². The van der Waals surface area contributed by atoms with Crippen molar-refractivity contribution >= 4 is 18.3 Å². The van der Waals surface area contributed by atoms with Gasteiger partial charge in [0.15, 0.2) is 0 Å². The molecule has 3 rings (SSSR count). The quantitative estimate of drug-likeness (QED) is 0.852. The van der Waals surface area contributed by atoms with Crippen LogP contribution < -0.4 is 5.73 Å². The minimum atomic E-state index is 0. The third kappa shape index (κ3) is 4.00. The van der Waals surface area contributed by atoms with E-state index in [0.29, 0.717) is 23.8 Å². The second-order valence-corrected chi connectivity index (χ2v) is 6.35. The first-order valence-corrected chi connectivity index (χ1v) is 8.32. The zero-order valence-electron chi connectivity index (χ0n) is 14.0. The minimum absolute atomic E-state index is 0. The van der Waals surface area contributed by atoms with E-state index in [0.717, 1.165) is 12.1 Å². The number of nitrogens with two attached hydrogens (primary N) is 1. The van der Waals surface area contributed by atoms with Crippen LogP contribution in [0, 0.1) is 5.92 Å². The van der Waals surface area contributed by atoms with Crippen LogP contribution in [0.3, 0.4) is 0 Å². The van der Waals surface area contributed by atoms with Crippen molar-refractivity contribution in [2.24, 2.45) is 11.7 Å². The molecule has 1 fully saturated rings. The molecule has 0 radical (unpaired) electrons. The predicted octanol–water partition coefficient (Wildman–Crippen LogP) is 4.16. The normalized spacial score (nSPS) is 15.2. The fraction of sp³-hybridized carbons (Fsp3) is 0.421. The van der Waals surface area contributed by atoms with Crippen molar-refractivity contribution in [1.82, 2.24) is 4.90 Å². The Bertz CT molecular complexity index is 652. The number of halogens is 1. The number of furan rings is 1. The standard InChI is InChI=1S/C19H24N2O2.ClH/c1-14(16-8-3-2-4-9-16)21(12-15-6-5-7-15)19(22)17-10-18(11-20)23-13-17;/h2-4,8-10,13-15H,5-7,11-12,20H2,1H3;1H. The number of rotatable bonds is 6. The third-order valence-corrected chi connectivity index (χ3v) is 4.79. The topological polar surface area (TPSA) is 59.5 Å². The average Bonchev–Trinajstić information content (AvgIpc) is 3.03. The first-order valence-electron chi connectivity index (χ1n) is 8.32. The van der Waals surface area contributed by atoms with Crippen LogP contribution >= 0.6 is 12.4 Å². The molecule has 1 atom stereocenters. The fourth-order valence-corrected chi connectivity index (χ4v) is 3.05.